The second kappa shape index (κ2) is 6.09. The molecule has 0 aliphatic heterocycles. The van der Waals surface area contributed by atoms with Gasteiger partial charge in [0.15, 0.2) is 0 Å². The molecule has 3 nitrogen and oxygen atoms in total. The molecule has 19 heavy (non-hydrogen) atoms. The van der Waals surface area contributed by atoms with Crippen LogP contribution in [0.3, 0.4) is 0 Å². The van der Waals surface area contributed by atoms with Crippen LogP contribution in [0.15, 0.2) is 42.7 Å². The van der Waals surface area contributed by atoms with Gasteiger partial charge in [0.2, 0.25) is 0 Å². The van der Waals surface area contributed by atoms with E-state index in [-0.39, 0.29) is 18.2 Å². The topological polar surface area (TPSA) is 39.2 Å². The summed E-state index contributed by atoms with van der Waals surface area (Å²) in [6, 6.07) is 8.67. The third-order valence-electron chi connectivity index (χ3n) is 2.54. The van der Waals surface area contributed by atoms with Gasteiger partial charge in [0.05, 0.1) is 6.20 Å². The van der Waals surface area contributed by atoms with E-state index in [1.54, 1.807) is 25.3 Å². The molecule has 0 radical (unpaired) electrons. The summed E-state index contributed by atoms with van der Waals surface area (Å²) in [6.45, 7) is 1.82. The fraction of sp³-hybridized carbons (Fsp3) is 0.200. The van der Waals surface area contributed by atoms with Crippen molar-refractivity contribution < 1.29 is 13.9 Å². The fourth-order valence-electron chi connectivity index (χ4n) is 1.69. The highest BCUT2D eigenvalue weighted by atomic mass is 19.1. The lowest BCUT2D eigenvalue weighted by atomic mass is 10.1. The number of hydrogen-bond acceptors (Lipinski definition) is 3. The van der Waals surface area contributed by atoms with Crippen LogP contribution in [0.1, 0.15) is 18.1 Å². The predicted molar refractivity (Wildman–Crippen MR) is 69.4 cm³/mol. The highest BCUT2D eigenvalue weighted by Gasteiger charge is 2.00. The van der Waals surface area contributed by atoms with Gasteiger partial charge in [-0.3, -0.25) is 9.78 Å². The molecule has 0 saturated heterocycles. The summed E-state index contributed by atoms with van der Waals surface area (Å²) in [5, 5.41) is 0. The number of carbonyl (C=O) groups is 1. The fourth-order valence-corrected chi connectivity index (χ4v) is 1.69. The van der Waals surface area contributed by atoms with Gasteiger partial charge in [0.1, 0.15) is 24.0 Å². The van der Waals surface area contributed by atoms with Gasteiger partial charge in [-0.05, 0) is 30.7 Å². The van der Waals surface area contributed by atoms with Crippen molar-refractivity contribution in [1.29, 1.82) is 0 Å². The molecule has 0 N–H and O–H groups in total. The molecule has 0 spiro atoms. The zero-order chi connectivity index (χ0) is 13.7. The Labute approximate surface area is 111 Å². The maximum absolute atomic E-state index is 12.9. The largest absolute Gasteiger partial charge is 0.489 e. The first-order chi connectivity index (χ1) is 9.13. The maximum atomic E-state index is 12.9. The van der Waals surface area contributed by atoms with Crippen molar-refractivity contribution >= 4 is 5.78 Å². The Hall–Kier alpha value is -2.23. The smallest absolute Gasteiger partial charge is 0.141 e. The maximum Gasteiger partial charge on any atom is 0.141 e. The van der Waals surface area contributed by atoms with Crippen LogP contribution in [0, 0.1) is 5.82 Å². The van der Waals surface area contributed by atoms with E-state index in [9.17, 15) is 9.18 Å². The molecule has 0 aliphatic rings. The van der Waals surface area contributed by atoms with Gasteiger partial charge in [-0.25, -0.2) is 4.39 Å². The van der Waals surface area contributed by atoms with Crippen LogP contribution in [-0.2, 0) is 17.8 Å². The van der Waals surface area contributed by atoms with Crippen molar-refractivity contribution in [2.24, 2.45) is 0 Å². The molecule has 2 aromatic rings. The Kier molecular flexibility index (Phi) is 4.23. The first kappa shape index (κ1) is 13.2. The summed E-state index contributed by atoms with van der Waals surface area (Å²) in [5.41, 5.74) is 1.63. The van der Waals surface area contributed by atoms with Crippen molar-refractivity contribution in [3.63, 3.8) is 0 Å². The number of Topliss-reactive ketones (excluding diaryl/α,β-unsaturated/α-hetero) is 1. The van der Waals surface area contributed by atoms with Gasteiger partial charge in [0, 0.05) is 18.2 Å². The van der Waals surface area contributed by atoms with Crippen LogP contribution in [0.25, 0.3) is 0 Å². The van der Waals surface area contributed by atoms with Crippen LogP contribution >= 0.6 is 0 Å². The quantitative estimate of drug-likeness (QED) is 0.828. The second-order valence-corrected chi connectivity index (χ2v) is 4.32. The lowest BCUT2D eigenvalue weighted by Crippen LogP contribution is -1.98. The predicted octanol–water partition coefficient (Wildman–Crippen LogP) is 2.93. The average molecular weight is 259 g/mol. The molecule has 0 aliphatic carbocycles. The van der Waals surface area contributed by atoms with Crippen molar-refractivity contribution in [3.8, 4) is 5.75 Å². The molecule has 4 heteroatoms. The minimum atomic E-state index is -0.377. The van der Waals surface area contributed by atoms with Crippen LogP contribution in [-0.4, -0.2) is 10.8 Å². The molecular formula is C15H14FNO2. The zero-order valence-corrected chi connectivity index (χ0v) is 10.6. The molecule has 1 aromatic carbocycles. The molecule has 2 rings (SSSR count). The minimum Gasteiger partial charge on any atom is -0.489 e. The first-order valence-electron chi connectivity index (χ1n) is 5.94. The third kappa shape index (κ3) is 4.17. The van der Waals surface area contributed by atoms with E-state index in [4.69, 9.17) is 4.74 Å². The number of halogens is 1. The second-order valence-electron chi connectivity index (χ2n) is 4.32. The zero-order valence-electron chi connectivity index (χ0n) is 10.6. The molecule has 98 valence electrons. The highest BCUT2D eigenvalue weighted by Crippen LogP contribution is 2.14. The van der Waals surface area contributed by atoms with Crippen molar-refractivity contribution in [2.45, 2.75) is 20.0 Å². The number of benzene rings is 1. The van der Waals surface area contributed by atoms with Gasteiger partial charge in [-0.1, -0.05) is 12.1 Å². The number of carbonyl (C=O) groups excluding carboxylic acids is 1. The van der Waals surface area contributed by atoms with Crippen LogP contribution < -0.4 is 4.74 Å². The average Bonchev–Trinajstić information content (AvgIpc) is 2.37. The first-order valence-corrected chi connectivity index (χ1v) is 5.94. The Morgan fingerprint density at radius 3 is 2.58 bits per heavy atom. The number of aromatic nitrogens is 1. The monoisotopic (exact) mass is 259 g/mol. The number of hydrogen-bond donors (Lipinski definition) is 0. The summed E-state index contributed by atoms with van der Waals surface area (Å²) < 4.78 is 18.4. The Bertz CT molecular complexity index is 567. The number of rotatable bonds is 5. The Balaban J connectivity index is 1.94. The van der Waals surface area contributed by atoms with Crippen LogP contribution in [0.5, 0.6) is 5.75 Å². The van der Waals surface area contributed by atoms with Gasteiger partial charge in [-0.15, -0.1) is 0 Å². The highest BCUT2D eigenvalue weighted by molar-refractivity contribution is 5.78. The molecule has 0 bridgehead atoms. The van der Waals surface area contributed by atoms with Crippen LogP contribution in [0.2, 0.25) is 0 Å². The molecule has 0 fully saturated rings. The number of nitrogens with zero attached hydrogens (tertiary/aromatic N) is 1. The minimum absolute atomic E-state index is 0.125. The van der Waals surface area contributed by atoms with E-state index in [0.717, 1.165) is 11.8 Å². The summed E-state index contributed by atoms with van der Waals surface area (Å²) in [6.07, 6.45) is 3.14. The lowest BCUT2D eigenvalue weighted by Gasteiger charge is -2.06. The van der Waals surface area contributed by atoms with Crippen molar-refractivity contribution in [1.82, 2.24) is 4.98 Å². The standard InChI is InChI=1S/C15H14FNO2/c1-11(18)6-12-2-4-15(5-3-12)19-10-13-7-14(16)9-17-8-13/h2-5,7-9H,6,10H2,1H3. The van der Waals surface area contributed by atoms with Gasteiger partial charge < -0.3 is 4.74 Å². The summed E-state index contributed by atoms with van der Waals surface area (Å²) in [4.78, 5) is 14.7. The van der Waals surface area contributed by atoms with E-state index < -0.39 is 0 Å². The molecule has 0 atom stereocenters. The normalized spacial score (nSPS) is 10.2. The SMILES string of the molecule is CC(=O)Cc1ccc(OCc2cncc(F)c2)cc1. The summed E-state index contributed by atoms with van der Waals surface area (Å²) in [7, 11) is 0. The molecule has 0 unspecified atom stereocenters. The van der Waals surface area contributed by atoms with E-state index in [0.29, 0.717) is 17.7 Å². The van der Waals surface area contributed by atoms with E-state index in [2.05, 4.69) is 4.98 Å². The van der Waals surface area contributed by atoms with Gasteiger partial charge in [-0.2, -0.15) is 0 Å². The van der Waals surface area contributed by atoms with E-state index >= 15 is 0 Å². The summed E-state index contributed by atoms with van der Waals surface area (Å²) >= 11 is 0. The lowest BCUT2D eigenvalue weighted by molar-refractivity contribution is -0.116. The molecule has 1 heterocycles. The Morgan fingerprint density at radius 2 is 1.95 bits per heavy atom. The van der Waals surface area contributed by atoms with Gasteiger partial charge in [0.25, 0.3) is 0 Å². The van der Waals surface area contributed by atoms with Crippen LogP contribution in [0.4, 0.5) is 4.39 Å². The summed E-state index contributed by atoms with van der Waals surface area (Å²) in [5.74, 6) is 0.425. The van der Waals surface area contributed by atoms with Crippen molar-refractivity contribution in [3.05, 3.63) is 59.7 Å². The molecule has 0 saturated carbocycles. The third-order valence-corrected chi connectivity index (χ3v) is 2.54. The number of ketones is 1. The van der Waals surface area contributed by atoms with Crippen molar-refractivity contribution in [2.75, 3.05) is 0 Å². The van der Waals surface area contributed by atoms with E-state index in [1.165, 1.54) is 6.07 Å². The molecule has 1 aromatic heterocycles. The van der Waals surface area contributed by atoms with E-state index in [1.807, 2.05) is 12.1 Å². The number of ether oxygens (including phenoxy) is 1. The molecule has 0 amide bonds. The Morgan fingerprint density at radius 1 is 1.21 bits per heavy atom. The number of pyridine rings is 1. The molecular weight excluding hydrogens is 245 g/mol. The van der Waals surface area contributed by atoms with Gasteiger partial charge >= 0.3 is 0 Å².